The van der Waals surface area contributed by atoms with E-state index in [1.807, 2.05) is 32.9 Å². The number of piperazine rings is 1. The van der Waals surface area contributed by atoms with Crippen molar-refractivity contribution in [3.8, 4) is 5.75 Å². The molecule has 2 heterocycles. The Hall–Kier alpha value is -2.77. The Labute approximate surface area is 152 Å². The summed E-state index contributed by atoms with van der Waals surface area (Å²) in [7, 11) is 1.63. The highest BCUT2D eigenvalue weighted by atomic mass is 16.6. The van der Waals surface area contributed by atoms with Gasteiger partial charge in [-0.25, -0.2) is 14.8 Å². The van der Waals surface area contributed by atoms with Crippen LogP contribution in [-0.2, 0) is 4.74 Å². The third-order valence-corrected chi connectivity index (χ3v) is 4.24. The molecule has 8 nitrogen and oxygen atoms in total. The molecule has 0 spiro atoms. The second kappa shape index (κ2) is 6.86. The van der Waals surface area contributed by atoms with E-state index in [9.17, 15) is 4.79 Å². The Morgan fingerprint density at radius 3 is 2.46 bits per heavy atom. The van der Waals surface area contributed by atoms with Gasteiger partial charge in [0.2, 0.25) is 0 Å². The van der Waals surface area contributed by atoms with Crippen LogP contribution in [0.2, 0.25) is 0 Å². The van der Waals surface area contributed by atoms with Crippen LogP contribution in [0, 0.1) is 0 Å². The summed E-state index contributed by atoms with van der Waals surface area (Å²) in [6.07, 6.45) is 1.18. The van der Waals surface area contributed by atoms with Gasteiger partial charge in [0, 0.05) is 31.6 Å². The van der Waals surface area contributed by atoms with Crippen LogP contribution in [0.5, 0.6) is 5.75 Å². The van der Waals surface area contributed by atoms with E-state index < -0.39 is 5.60 Å². The minimum atomic E-state index is -0.491. The molecule has 8 heteroatoms. The van der Waals surface area contributed by atoms with Gasteiger partial charge < -0.3 is 25.0 Å². The smallest absolute Gasteiger partial charge is 0.410 e. The second-order valence-corrected chi connectivity index (χ2v) is 7.25. The first-order valence-electron chi connectivity index (χ1n) is 8.59. The van der Waals surface area contributed by atoms with Crippen molar-refractivity contribution >= 4 is 28.5 Å². The highest BCUT2D eigenvalue weighted by Crippen LogP contribution is 2.34. The van der Waals surface area contributed by atoms with Gasteiger partial charge in [-0.1, -0.05) is 0 Å². The number of hydrogen-bond donors (Lipinski definition) is 1. The molecule has 1 amide bonds. The van der Waals surface area contributed by atoms with Crippen LogP contribution < -0.4 is 15.4 Å². The first-order chi connectivity index (χ1) is 12.3. The van der Waals surface area contributed by atoms with E-state index in [1.54, 1.807) is 12.0 Å². The zero-order chi connectivity index (χ0) is 18.9. The number of rotatable bonds is 2. The number of anilines is 2. The number of benzene rings is 1. The quantitative estimate of drug-likeness (QED) is 0.879. The fourth-order valence-corrected chi connectivity index (χ4v) is 2.96. The summed E-state index contributed by atoms with van der Waals surface area (Å²) in [5.74, 6) is 1.14. The van der Waals surface area contributed by atoms with Gasteiger partial charge in [-0.3, -0.25) is 0 Å². The van der Waals surface area contributed by atoms with Crippen molar-refractivity contribution in [2.75, 3.05) is 43.9 Å². The first-order valence-corrected chi connectivity index (χ1v) is 8.59. The van der Waals surface area contributed by atoms with Gasteiger partial charge in [-0.05, 0) is 32.9 Å². The maximum atomic E-state index is 12.2. The second-order valence-electron chi connectivity index (χ2n) is 7.25. The summed E-state index contributed by atoms with van der Waals surface area (Å²) < 4.78 is 11.0. The van der Waals surface area contributed by atoms with Crippen LogP contribution in [0.4, 0.5) is 16.3 Å². The SMILES string of the molecule is COc1cc2c(N)ncnc2cc1N1CCN(C(=O)OC(C)(C)C)CC1. The average Bonchev–Trinajstić information content (AvgIpc) is 2.60. The fraction of sp³-hybridized carbons (Fsp3) is 0.500. The molecule has 0 radical (unpaired) electrons. The number of hydrogen-bond acceptors (Lipinski definition) is 7. The van der Waals surface area contributed by atoms with Crippen molar-refractivity contribution in [2.24, 2.45) is 0 Å². The maximum Gasteiger partial charge on any atom is 0.410 e. The number of ether oxygens (including phenoxy) is 2. The molecule has 0 aliphatic carbocycles. The Kier molecular flexibility index (Phi) is 4.76. The van der Waals surface area contributed by atoms with Gasteiger partial charge >= 0.3 is 6.09 Å². The molecule has 3 rings (SSSR count). The maximum absolute atomic E-state index is 12.2. The van der Waals surface area contributed by atoms with Crippen LogP contribution in [-0.4, -0.2) is 59.9 Å². The summed E-state index contributed by atoms with van der Waals surface area (Å²) in [5, 5.41) is 0.764. The van der Waals surface area contributed by atoms with Crippen LogP contribution in [0.1, 0.15) is 20.8 Å². The van der Waals surface area contributed by atoms with Gasteiger partial charge in [-0.15, -0.1) is 0 Å². The van der Waals surface area contributed by atoms with E-state index >= 15 is 0 Å². The number of carbonyl (C=O) groups excluding carboxylic acids is 1. The van der Waals surface area contributed by atoms with E-state index in [0.717, 1.165) is 16.6 Å². The molecule has 1 aromatic carbocycles. The minimum Gasteiger partial charge on any atom is -0.495 e. The monoisotopic (exact) mass is 359 g/mol. The summed E-state index contributed by atoms with van der Waals surface area (Å²) >= 11 is 0. The van der Waals surface area contributed by atoms with Crippen molar-refractivity contribution in [3.63, 3.8) is 0 Å². The molecule has 0 atom stereocenters. The Morgan fingerprint density at radius 1 is 1.15 bits per heavy atom. The topological polar surface area (TPSA) is 93.8 Å². The highest BCUT2D eigenvalue weighted by Gasteiger charge is 2.27. The molecule has 2 N–H and O–H groups in total. The normalized spacial score (nSPS) is 15.2. The summed E-state index contributed by atoms with van der Waals surface area (Å²) in [6.45, 7) is 8.14. The van der Waals surface area contributed by atoms with E-state index in [-0.39, 0.29) is 6.09 Å². The minimum absolute atomic E-state index is 0.275. The van der Waals surface area contributed by atoms with Crippen LogP contribution >= 0.6 is 0 Å². The number of methoxy groups -OCH3 is 1. The third-order valence-electron chi connectivity index (χ3n) is 4.24. The van der Waals surface area contributed by atoms with Crippen LogP contribution in [0.3, 0.4) is 0 Å². The molecule has 0 unspecified atom stereocenters. The molecule has 26 heavy (non-hydrogen) atoms. The first kappa shape index (κ1) is 18.0. The van der Waals surface area contributed by atoms with E-state index in [2.05, 4.69) is 14.9 Å². The van der Waals surface area contributed by atoms with Crippen molar-refractivity contribution in [2.45, 2.75) is 26.4 Å². The number of nitrogens with two attached hydrogens (primary N) is 1. The number of amides is 1. The summed E-state index contributed by atoms with van der Waals surface area (Å²) in [5.41, 5.74) is 7.14. The lowest BCUT2D eigenvalue weighted by molar-refractivity contribution is 0.0240. The van der Waals surface area contributed by atoms with Crippen molar-refractivity contribution in [1.82, 2.24) is 14.9 Å². The molecular formula is C18H25N5O3. The van der Waals surface area contributed by atoms with E-state index in [4.69, 9.17) is 15.2 Å². The summed E-state index contributed by atoms with van der Waals surface area (Å²) in [6, 6.07) is 3.82. The molecule has 1 aliphatic rings. The molecule has 0 saturated carbocycles. The van der Waals surface area contributed by atoms with Crippen molar-refractivity contribution < 1.29 is 14.3 Å². The van der Waals surface area contributed by atoms with Gasteiger partial charge in [0.15, 0.2) is 0 Å². The molecular weight excluding hydrogens is 334 g/mol. The molecule has 0 bridgehead atoms. The van der Waals surface area contributed by atoms with Gasteiger partial charge in [0.1, 0.15) is 23.5 Å². The number of fused-ring (bicyclic) bond motifs is 1. The predicted octanol–water partition coefficient (Wildman–Crippen LogP) is 2.28. The fourth-order valence-electron chi connectivity index (χ4n) is 2.96. The van der Waals surface area contributed by atoms with Crippen molar-refractivity contribution in [1.29, 1.82) is 0 Å². The number of nitrogen functional groups attached to an aromatic ring is 1. The zero-order valence-electron chi connectivity index (χ0n) is 15.7. The lowest BCUT2D eigenvalue weighted by atomic mass is 10.1. The van der Waals surface area contributed by atoms with Gasteiger partial charge in [-0.2, -0.15) is 0 Å². The zero-order valence-corrected chi connectivity index (χ0v) is 15.7. The third kappa shape index (κ3) is 3.74. The number of carbonyl (C=O) groups is 1. The van der Waals surface area contributed by atoms with Crippen molar-refractivity contribution in [3.05, 3.63) is 18.5 Å². The Bertz CT molecular complexity index is 810. The molecule has 1 aliphatic heterocycles. The van der Waals surface area contributed by atoms with Crippen LogP contribution in [0.25, 0.3) is 10.9 Å². The Balaban J connectivity index is 1.78. The highest BCUT2D eigenvalue weighted by molar-refractivity contribution is 5.92. The van der Waals surface area contributed by atoms with E-state index in [1.165, 1.54) is 6.33 Å². The standard InChI is InChI=1S/C18H25N5O3/c1-18(2,3)26-17(24)23-7-5-22(6-8-23)14-10-13-12(9-15(14)25-4)16(19)21-11-20-13/h9-11H,5-8H2,1-4H3,(H2,19,20,21). The predicted molar refractivity (Wildman–Crippen MR) is 101 cm³/mol. The average molecular weight is 359 g/mol. The molecule has 2 aromatic rings. The molecule has 1 saturated heterocycles. The Morgan fingerprint density at radius 2 is 1.85 bits per heavy atom. The number of nitrogens with zero attached hydrogens (tertiary/aromatic N) is 4. The molecule has 1 aromatic heterocycles. The summed E-state index contributed by atoms with van der Waals surface area (Å²) in [4.78, 5) is 24.5. The van der Waals surface area contributed by atoms with Gasteiger partial charge in [0.25, 0.3) is 0 Å². The lowest BCUT2D eigenvalue weighted by Crippen LogP contribution is -2.50. The number of aromatic nitrogens is 2. The van der Waals surface area contributed by atoms with Crippen LogP contribution in [0.15, 0.2) is 18.5 Å². The largest absolute Gasteiger partial charge is 0.495 e. The molecule has 140 valence electrons. The molecule has 1 fully saturated rings. The van der Waals surface area contributed by atoms with E-state index in [0.29, 0.717) is 37.7 Å². The van der Waals surface area contributed by atoms with Gasteiger partial charge in [0.05, 0.1) is 18.3 Å². The lowest BCUT2D eigenvalue weighted by Gasteiger charge is -2.37.